The first-order valence-corrected chi connectivity index (χ1v) is 10.1. The van der Waals surface area contributed by atoms with Crippen molar-refractivity contribution in [3.8, 4) is 0 Å². The molecule has 132 valence electrons. The van der Waals surface area contributed by atoms with Crippen molar-refractivity contribution in [2.24, 2.45) is 0 Å². The van der Waals surface area contributed by atoms with Gasteiger partial charge in [0, 0.05) is 22.7 Å². The maximum atomic E-state index is 12.5. The molecule has 0 aliphatic rings. The smallest absolute Gasteiger partial charge is 0.241 e. The Balaban J connectivity index is 2.18. The Labute approximate surface area is 148 Å². The van der Waals surface area contributed by atoms with Crippen molar-refractivity contribution in [1.82, 2.24) is 9.71 Å². The molecule has 7 heteroatoms. The van der Waals surface area contributed by atoms with Gasteiger partial charge in [-0.15, -0.1) is 11.3 Å². The summed E-state index contributed by atoms with van der Waals surface area (Å²) in [6.07, 6.45) is 2.44. The van der Waals surface area contributed by atoms with E-state index in [1.165, 1.54) is 0 Å². The summed E-state index contributed by atoms with van der Waals surface area (Å²) >= 11 is 1.55. The normalized spacial score (nSPS) is 13.0. The minimum absolute atomic E-state index is 0.238. The van der Waals surface area contributed by atoms with Crippen LogP contribution in [0.3, 0.4) is 0 Å². The van der Waals surface area contributed by atoms with Crippen molar-refractivity contribution in [3.05, 3.63) is 41.4 Å². The Hall–Kier alpha value is -1.44. The summed E-state index contributed by atoms with van der Waals surface area (Å²) < 4.78 is 27.7. The van der Waals surface area contributed by atoms with Crippen LogP contribution in [0.25, 0.3) is 0 Å². The first-order chi connectivity index (χ1) is 11.0. The van der Waals surface area contributed by atoms with Gasteiger partial charge in [0.15, 0.2) is 5.13 Å². The van der Waals surface area contributed by atoms with Gasteiger partial charge in [0.25, 0.3) is 0 Å². The lowest BCUT2D eigenvalue weighted by Gasteiger charge is -2.26. The largest absolute Gasteiger partial charge is 0.356 e. The van der Waals surface area contributed by atoms with Crippen LogP contribution < -0.4 is 10.0 Å². The van der Waals surface area contributed by atoms with E-state index in [4.69, 9.17) is 0 Å². The van der Waals surface area contributed by atoms with Crippen molar-refractivity contribution in [3.63, 3.8) is 0 Å². The molecular formula is C17H25N3O2S2. The zero-order chi connectivity index (χ0) is 18.0. The molecule has 0 aliphatic carbocycles. The molecule has 0 atom stereocenters. The molecule has 0 spiro atoms. The fraction of sp³-hybridized carbons (Fsp3) is 0.471. The summed E-state index contributed by atoms with van der Waals surface area (Å²) in [6.45, 7) is 9.63. The summed E-state index contributed by atoms with van der Waals surface area (Å²) in [6, 6.07) is 7.09. The van der Waals surface area contributed by atoms with Crippen molar-refractivity contribution < 1.29 is 8.42 Å². The van der Waals surface area contributed by atoms with Crippen LogP contribution in [0.15, 0.2) is 40.7 Å². The Morgan fingerprint density at radius 2 is 1.88 bits per heavy atom. The van der Waals surface area contributed by atoms with Gasteiger partial charge in [-0.2, -0.15) is 0 Å². The lowest BCUT2D eigenvalue weighted by Crippen LogP contribution is -2.40. The van der Waals surface area contributed by atoms with E-state index in [1.54, 1.807) is 35.7 Å². The maximum absolute atomic E-state index is 12.5. The van der Waals surface area contributed by atoms with Crippen LogP contribution in [-0.4, -0.2) is 24.5 Å². The SMILES string of the molecule is CC(C)(C)NS(=O)(=O)c1cccc(CC(C)(C)Nc2nccs2)c1. The van der Waals surface area contributed by atoms with Gasteiger partial charge in [-0.3, -0.25) is 0 Å². The zero-order valence-corrected chi connectivity index (χ0v) is 16.4. The van der Waals surface area contributed by atoms with Crippen LogP contribution in [0.2, 0.25) is 0 Å². The summed E-state index contributed by atoms with van der Waals surface area (Å²) in [4.78, 5) is 4.53. The third kappa shape index (κ3) is 5.58. The Morgan fingerprint density at radius 1 is 1.17 bits per heavy atom. The highest BCUT2D eigenvalue weighted by Crippen LogP contribution is 2.23. The number of nitrogens with one attached hydrogen (secondary N) is 2. The molecule has 2 aromatic rings. The van der Waals surface area contributed by atoms with Crippen LogP contribution in [-0.2, 0) is 16.4 Å². The number of hydrogen-bond donors (Lipinski definition) is 2. The monoisotopic (exact) mass is 367 g/mol. The van der Waals surface area contributed by atoms with E-state index in [-0.39, 0.29) is 5.54 Å². The molecule has 1 aromatic heterocycles. The first kappa shape index (κ1) is 18.9. The van der Waals surface area contributed by atoms with Crippen LogP contribution in [0.1, 0.15) is 40.2 Å². The fourth-order valence-electron chi connectivity index (χ4n) is 2.41. The van der Waals surface area contributed by atoms with Gasteiger partial charge in [-0.1, -0.05) is 12.1 Å². The molecule has 0 amide bonds. The molecule has 5 nitrogen and oxygen atoms in total. The van der Waals surface area contributed by atoms with E-state index in [2.05, 4.69) is 28.9 Å². The number of sulfonamides is 1. The first-order valence-electron chi connectivity index (χ1n) is 7.78. The number of thiazole rings is 1. The van der Waals surface area contributed by atoms with E-state index >= 15 is 0 Å². The number of hydrogen-bond acceptors (Lipinski definition) is 5. The molecule has 0 fully saturated rings. The molecule has 1 aromatic carbocycles. The van der Waals surface area contributed by atoms with Gasteiger partial charge in [0.2, 0.25) is 10.0 Å². The number of anilines is 1. The molecule has 1 heterocycles. The third-order valence-corrected chi connectivity index (χ3v) is 5.62. The van der Waals surface area contributed by atoms with Crippen molar-refractivity contribution in [1.29, 1.82) is 0 Å². The quantitative estimate of drug-likeness (QED) is 0.817. The van der Waals surface area contributed by atoms with Gasteiger partial charge in [0.1, 0.15) is 0 Å². The Morgan fingerprint density at radius 3 is 2.46 bits per heavy atom. The van der Waals surface area contributed by atoms with Gasteiger partial charge in [0.05, 0.1) is 4.90 Å². The Kier molecular flexibility index (Phi) is 5.37. The predicted molar refractivity (Wildman–Crippen MR) is 100 cm³/mol. The minimum atomic E-state index is -3.53. The van der Waals surface area contributed by atoms with Gasteiger partial charge in [-0.25, -0.2) is 18.1 Å². The van der Waals surface area contributed by atoms with Gasteiger partial charge in [-0.05, 0) is 58.7 Å². The highest BCUT2D eigenvalue weighted by molar-refractivity contribution is 7.89. The van der Waals surface area contributed by atoms with E-state index < -0.39 is 15.6 Å². The van der Waals surface area contributed by atoms with E-state index in [0.29, 0.717) is 11.3 Å². The molecule has 0 saturated carbocycles. The highest BCUT2D eigenvalue weighted by atomic mass is 32.2. The number of aromatic nitrogens is 1. The topological polar surface area (TPSA) is 71.1 Å². The lowest BCUT2D eigenvalue weighted by atomic mass is 9.95. The molecular weight excluding hydrogens is 342 g/mol. The molecule has 2 N–H and O–H groups in total. The van der Waals surface area contributed by atoms with Crippen molar-refractivity contribution in [2.45, 2.75) is 57.0 Å². The summed E-state index contributed by atoms with van der Waals surface area (Å²) in [5, 5.41) is 6.17. The van der Waals surface area contributed by atoms with Crippen molar-refractivity contribution >= 4 is 26.5 Å². The second kappa shape index (κ2) is 6.82. The van der Waals surface area contributed by atoms with E-state index in [1.807, 2.05) is 32.2 Å². The summed E-state index contributed by atoms with van der Waals surface area (Å²) in [5.74, 6) is 0. The second-order valence-electron chi connectivity index (χ2n) is 7.53. The molecule has 0 aliphatic heterocycles. The van der Waals surface area contributed by atoms with E-state index in [0.717, 1.165) is 10.7 Å². The number of benzene rings is 1. The molecule has 0 bridgehead atoms. The van der Waals surface area contributed by atoms with Gasteiger partial charge < -0.3 is 5.32 Å². The minimum Gasteiger partial charge on any atom is -0.356 e. The standard InChI is InChI=1S/C17H25N3O2S2/c1-16(2,3)20-24(21,22)14-8-6-7-13(11-14)12-17(4,5)19-15-18-9-10-23-15/h6-11,20H,12H2,1-5H3,(H,18,19). The van der Waals surface area contributed by atoms with Crippen LogP contribution >= 0.6 is 11.3 Å². The lowest BCUT2D eigenvalue weighted by molar-refractivity contribution is 0.491. The molecule has 2 rings (SSSR count). The second-order valence-corrected chi connectivity index (χ2v) is 10.1. The predicted octanol–water partition coefficient (Wildman–Crippen LogP) is 3.65. The maximum Gasteiger partial charge on any atom is 0.241 e. The molecule has 0 saturated heterocycles. The highest BCUT2D eigenvalue weighted by Gasteiger charge is 2.24. The zero-order valence-electron chi connectivity index (χ0n) is 14.8. The average Bonchev–Trinajstić information content (AvgIpc) is 2.87. The van der Waals surface area contributed by atoms with E-state index in [9.17, 15) is 8.42 Å². The number of rotatable bonds is 6. The van der Waals surface area contributed by atoms with Gasteiger partial charge >= 0.3 is 0 Å². The fourth-order valence-corrected chi connectivity index (χ4v) is 4.61. The molecule has 24 heavy (non-hydrogen) atoms. The van der Waals surface area contributed by atoms with Crippen LogP contribution in [0, 0.1) is 0 Å². The number of nitrogens with zero attached hydrogens (tertiary/aromatic N) is 1. The average molecular weight is 368 g/mol. The molecule has 0 radical (unpaired) electrons. The summed E-state index contributed by atoms with van der Waals surface area (Å²) in [5.41, 5.74) is 0.207. The Bertz CT molecular complexity index is 776. The molecule has 0 unspecified atom stereocenters. The van der Waals surface area contributed by atoms with Crippen LogP contribution in [0.5, 0.6) is 0 Å². The van der Waals surface area contributed by atoms with Crippen LogP contribution in [0.4, 0.5) is 5.13 Å². The summed E-state index contributed by atoms with van der Waals surface area (Å²) in [7, 11) is -3.53. The third-order valence-electron chi connectivity index (χ3n) is 3.17. The van der Waals surface area contributed by atoms with Crippen molar-refractivity contribution in [2.75, 3.05) is 5.32 Å².